The maximum Gasteiger partial charge on any atom is 0.196 e. The SMILES string of the molecule is COc1ccc(-n2c(SCc3nc4ccccc4nc3C)nnc2-c2ccccc2)cc1. The van der Waals surface area contributed by atoms with Crippen molar-refractivity contribution in [3.8, 4) is 22.8 Å². The molecule has 0 bridgehead atoms. The van der Waals surface area contributed by atoms with Crippen molar-refractivity contribution in [1.82, 2.24) is 24.7 Å². The summed E-state index contributed by atoms with van der Waals surface area (Å²) < 4.78 is 7.40. The van der Waals surface area contributed by atoms with Gasteiger partial charge in [-0.25, -0.2) is 9.97 Å². The van der Waals surface area contributed by atoms with Crippen LogP contribution in [0.2, 0.25) is 0 Å². The van der Waals surface area contributed by atoms with Crippen LogP contribution in [0, 0.1) is 6.92 Å². The van der Waals surface area contributed by atoms with Crippen molar-refractivity contribution < 1.29 is 4.74 Å². The topological polar surface area (TPSA) is 65.7 Å². The van der Waals surface area contributed by atoms with Crippen LogP contribution in [0.1, 0.15) is 11.4 Å². The number of fused-ring (bicyclic) bond motifs is 1. The minimum Gasteiger partial charge on any atom is -0.497 e. The molecule has 0 N–H and O–H groups in total. The van der Waals surface area contributed by atoms with Crippen LogP contribution in [0.5, 0.6) is 5.75 Å². The van der Waals surface area contributed by atoms with E-state index in [-0.39, 0.29) is 0 Å². The number of hydrogen-bond donors (Lipinski definition) is 0. The summed E-state index contributed by atoms with van der Waals surface area (Å²) in [6.07, 6.45) is 0. The number of para-hydroxylation sites is 2. The number of nitrogens with zero attached hydrogens (tertiary/aromatic N) is 5. The predicted molar refractivity (Wildman–Crippen MR) is 127 cm³/mol. The zero-order valence-corrected chi connectivity index (χ0v) is 18.6. The highest BCUT2D eigenvalue weighted by atomic mass is 32.2. The Kier molecular flexibility index (Phi) is 5.56. The van der Waals surface area contributed by atoms with Crippen LogP contribution in [0.3, 0.4) is 0 Å². The smallest absolute Gasteiger partial charge is 0.196 e. The van der Waals surface area contributed by atoms with Crippen LogP contribution in [-0.4, -0.2) is 31.8 Å². The molecule has 6 nitrogen and oxygen atoms in total. The van der Waals surface area contributed by atoms with Gasteiger partial charge in [0.05, 0.1) is 29.5 Å². The van der Waals surface area contributed by atoms with Gasteiger partial charge in [-0.05, 0) is 43.3 Å². The van der Waals surface area contributed by atoms with Crippen LogP contribution in [0.15, 0.2) is 84.0 Å². The van der Waals surface area contributed by atoms with E-state index < -0.39 is 0 Å². The molecule has 0 unspecified atom stereocenters. The zero-order valence-electron chi connectivity index (χ0n) is 17.8. The summed E-state index contributed by atoms with van der Waals surface area (Å²) in [6.45, 7) is 2.00. The molecule has 32 heavy (non-hydrogen) atoms. The van der Waals surface area contributed by atoms with E-state index in [0.29, 0.717) is 5.75 Å². The van der Waals surface area contributed by atoms with E-state index in [1.54, 1.807) is 18.9 Å². The van der Waals surface area contributed by atoms with Crippen molar-refractivity contribution in [2.24, 2.45) is 0 Å². The van der Waals surface area contributed by atoms with Crippen LogP contribution >= 0.6 is 11.8 Å². The lowest BCUT2D eigenvalue weighted by Crippen LogP contribution is -2.01. The second kappa shape index (κ2) is 8.80. The number of methoxy groups -OCH3 is 1. The van der Waals surface area contributed by atoms with E-state index >= 15 is 0 Å². The quantitative estimate of drug-likeness (QED) is 0.326. The number of aryl methyl sites for hydroxylation is 1. The first-order valence-corrected chi connectivity index (χ1v) is 11.2. The molecule has 7 heteroatoms. The monoisotopic (exact) mass is 439 g/mol. The van der Waals surface area contributed by atoms with Gasteiger partial charge < -0.3 is 4.74 Å². The highest BCUT2D eigenvalue weighted by molar-refractivity contribution is 7.98. The molecular weight excluding hydrogens is 418 g/mol. The molecule has 158 valence electrons. The van der Waals surface area contributed by atoms with Gasteiger partial charge in [-0.1, -0.05) is 54.2 Å². The van der Waals surface area contributed by atoms with Crippen molar-refractivity contribution in [2.75, 3.05) is 7.11 Å². The van der Waals surface area contributed by atoms with E-state index in [1.807, 2.05) is 85.8 Å². The lowest BCUT2D eigenvalue weighted by Gasteiger charge is -2.11. The first kappa shape index (κ1) is 20.2. The van der Waals surface area contributed by atoms with Gasteiger partial charge in [0.25, 0.3) is 0 Å². The van der Waals surface area contributed by atoms with Gasteiger partial charge in [0, 0.05) is 17.0 Å². The fourth-order valence-corrected chi connectivity index (χ4v) is 4.45. The molecule has 0 aliphatic carbocycles. The van der Waals surface area contributed by atoms with E-state index in [2.05, 4.69) is 14.8 Å². The Bertz CT molecular complexity index is 1370. The molecule has 0 atom stereocenters. The van der Waals surface area contributed by atoms with Gasteiger partial charge in [0.1, 0.15) is 5.75 Å². The van der Waals surface area contributed by atoms with Crippen molar-refractivity contribution in [3.63, 3.8) is 0 Å². The molecule has 0 amide bonds. The Labute approximate surface area is 190 Å². The summed E-state index contributed by atoms with van der Waals surface area (Å²) in [6, 6.07) is 25.9. The first-order valence-electron chi connectivity index (χ1n) is 10.2. The van der Waals surface area contributed by atoms with Crippen molar-refractivity contribution in [1.29, 1.82) is 0 Å². The minimum absolute atomic E-state index is 0.646. The summed E-state index contributed by atoms with van der Waals surface area (Å²) in [7, 11) is 1.66. The van der Waals surface area contributed by atoms with Gasteiger partial charge in [-0.2, -0.15) is 0 Å². The van der Waals surface area contributed by atoms with Gasteiger partial charge in [0.2, 0.25) is 0 Å². The molecule has 0 radical (unpaired) electrons. The molecule has 0 fully saturated rings. The summed E-state index contributed by atoms with van der Waals surface area (Å²) in [5.41, 5.74) is 5.65. The maximum atomic E-state index is 5.32. The second-order valence-electron chi connectivity index (χ2n) is 7.24. The zero-order chi connectivity index (χ0) is 21.9. The Morgan fingerprint density at radius 3 is 2.22 bits per heavy atom. The number of rotatable bonds is 6. The molecule has 5 aromatic rings. The molecule has 0 saturated carbocycles. The molecule has 0 aliphatic heterocycles. The Morgan fingerprint density at radius 2 is 1.50 bits per heavy atom. The normalized spacial score (nSPS) is 11.1. The number of ether oxygens (including phenoxy) is 1. The van der Waals surface area contributed by atoms with E-state index in [9.17, 15) is 0 Å². The van der Waals surface area contributed by atoms with Crippen molar-refractivity contribution in [3.05, 3.63) is 90.3 Å². The third kappa shape index (κ3) is 3.94. The van der Waals surface area contributed by atoms with Crippen LogP contribution in [-0.2, 0) is 5.75 Å². The predicted octanol–water partition coefficient (Wildman–Crippen LogP) is 5.49. The summed E-state index contributed by atoms with van der Waals surface area (Å²) in [5, 5.41) is 9.82. The molecular formula is C25H21N5OS. The summed E-state index contributed by atoms with van der Waals surface area (Å²) in [5.74, 6) is 2.24. The fourth-order valence-electron chi connectivity index (χ4n) is 3.50. The Morgan fingerprint density at radius 1 is 0.812 bits per heavy atom. The van der Waals surface area contributed by atoms with Crippen molar-refractivity contribution >= 4 is 22.8 Å². The molecule has 0 aliphatic rings. The maximum absolute atomic E-state index is 5.32. The van der Waals surface area contributed by atoms with Crippen molar-refractivity contribution in [2.45, 2.75) is 17.8 Å². The summed E-state index contributed by atoms with van der Waals surface area (Å²) >= 11 is 1.60. The fraction of sp³-hybridized carbons (Fsp3) is 0.120. The highest BCUT2D eigenvalue weighted by Gasteiger charge is 2.17. The van der Waals surface area contributed by atoms with Crippen LogP contribution < -0.4 is 4.74 Å². The Hall–Kier alpha value is -3.71. The second-order valence-corrected chi connectivity index (χ2v) is 8.18. The molecule has 2 heterocycles. The summed E-state index contributed by atoms with van der Waals surface area (Å²) in [4.78, 5) is 9.53. The van der Waals surface area contributed by atoms with E-state index in [4.69, 9.17) is 14.7 Å². The van der Waals surface area contributed by atoms with Crippen LogP contribution in [0.4, 0.5) is 0 Å². The van der Waals surface area contributed by atoms with E-state index in [0.717, 1.165) is 50.4 Å². The Balaban J connectivity index is 1.52. The molecule has 2 aromatic heterocycles. The lowest BCUT2D eigenvalue weighted by atomic mass is 10.2. The van der Waals surface area contributed by atoms with Gasteiger partial charge >= 0.3 is 0 Å². The largest absolute Gasteiger partial charge is 0.497 e. The highest BCUT2D eigenvalue weighted by Crippen LogP contribution is 2.30. The van der Waals surface area contributed by atoms with Gasteiger partial charge in [-0.15, -0.1) is 10.2 Å². The minimum atomic E-state index is 0.646. The average molecular weight is 440 g/mol. The number of hydrogen-bond acceptors (Lipinski definition) is 6. The van der Waals surface area contributed by atoms with Gasteiger partial charge in [-0.3, -0.25) is 4.57 Å². The first-order chi connectivity index (χ1) is 15.7. The number of thioether (sulfide) groups is 1. The standard InChI is InChI=1S/C25H21N5OS/c1-17-23(27-22-11-7-6-10-21(22)26-17)16-32-25-29-28-24(18-8-4-3-5-9-18)30(25)19-12-14-20(31-2)15-13-19/h3-15H,16H2,1-2H3. The van der Waals surface area contributed by atoms with Crippen LogP contribution in [0.25, 0.3) is 28.1 Å². The van der Waals surface area contributed by atoms with E-state index in [1.165, 1.54) is 0 Å². The third-order valence-electron chi connectivity index (χ3n) is 5.18. The molecule has 0 spiro atoms. The average Bonchev–Trinajstić information content (AvgIpc) is 3.27. The number of benzene rings is 3. The lowest BCUT2D eigenvalue weighted by molar-refractivity contribution is 0.414. The molecule has 5 rings (SSSR count). The third-order valence-corrected chi connectivity index (χ3v) is 6.12. The molecule has 3 aromatic carbocycles. The number of aromatic nitrogens is 5. The molecule has 0 saturated heterocycles. The van der Waals surface area contributed by atoms with Gasteiger partial charge in [0.15, 0.2) is 11.0 Å².